The lowest BCUT2D eigenvalue weighted by atomic mass is 10.2. The largest absolute Gasteiger partial charge is 0.363 e. The van der Waals surface area contributed by atoms with Gasteiger partial charge in [0.25, 0.3) is 11.8 Å². The molecule has 0 aliphatic rings. The van der Waals surface area contributed by atoms with E-state index < -0.39 is 17.5 Å². The molecule has 1 aromatic carbocycles. The van der Waals surface area contributed by atoms with Crippen LogP contribution in [-0.2, 0) is 6.54 Å². The summed E-state index contributed by atoms with van der Waals surface area (Å²) in [5.41, 5.74) is 0.701. The van der Waals surface area contributed by atoms with E-state index in [1.807, 2.05) is 38.1 Å². The SMILES string of the molecule is CCCN(Cc1ccc(N(C)C)nc1)C(=O)c1cc(NC(=O)c2cc(F)c(F)cc2Cl)[nH]n1. The van der Waals surface area contributed by atoms with Crippen LogP contribution in [0.25, 0.3) is 0 Å². The Bertz CT molecular complexity index is 1150. The second-order valence-corrected chi connectivity index (χ2v) is 7.92. The molecule has 2 aromatic heterocycles. The first-order valence-electron chi connectivity index (χ1n) is 10.1. The molecule has 0 aliphatic heterocycles. The molecule has 0 saturated heterocycles. The van der Waals surface area contributed by atoms with Crippen LogP contribution in [0.3, 0.4) is 0 Å². The number of carbonyl (C=O) groups excluding carboxylic acids is 2. The summed E-state index contributed by atoms with van der Waals surface area (Å²) in [7, 11) is 3.78. The molecule has 3 rings (SSSR count). The highest BCUT2D eigenvalue weighted by Crippen LogP contribution is 2.21. The zero-order chi connectivity index (χ0) is 24.1. The zero-order valence-corrected chi connectivity index (χ0v) is 19.1. The molecule has 0 atom stereocenters. The van der Waals surface area contributed by atoms with Crippen LogP contribution in [0.1, 0.15) is 39.8 Å². The summed E-state index contributed by atoms with van der Waals surface area (Å²) < 4.78 is 26.7. The fourth-order valence-corrected chi connectivity index (χ4v) is 3.30. The van der Waals surface area contributed by atoms with Gasteiger partial charge in [-0.15, -0.1) is 0 Å². The molecular formula is C22H23ClF2N6O2. The first kappa shape index (κ1) is 24.1. The molecule has 174 valence electrons. The van der Waals surface area contributed by atoms with Crippen molar-refractivity contribution in [2.45, 2.75) is 19.9 Å². The maximum atomic E-state index is 13.5. The Labute approximate surface area is 194 Å². The van der Waals surface area contributed by atoms with E-state index in [1.54, 1.807) is 11.1 Å². The summed E-state index contributed by atoms with van der Waals surface area (Å²) in [6, 6.07) is 6.56. The number of hydrogen-bond donors (Lipinski definition) is 2. The molecular weight excluding hydrogens is 454 g/mol. The number of rotatable bonds is 8. The lowest BCUT2D eigenvalue weighted by Gasteiger charge is -2.21. The maximum Gasteiger partial charge on any atom is 0.274 e. The average molecular weight is 477 g/mol. The Hall–Kier alpha value is -3.53. The summed E-state index contributed by atoms with van der Waals surface area (Å²) in [6.07, 6.45) is 2.45. The molecule has 0 unspecified atom stereocenters. The Morgan fingerprint density at radius 1 is 1.15 bits per heavy atom. The van der Waals surface area contributed by atoms with Crippen LogP contribution in [0.15, 0.2) is 36.5 Å². The number of amides is 2. The number of halogens is 3. The second kappa shape index (κ2) is 10.4. The van der Waals surface area contributed by atoms with Gasteiger partial charge in [0.15, 0.2) is 17.3 Å². The molecule has 0 fully saturated rings. The molecule has 33 heavy (non-hydrogen) atoms. The molecule has 0 bridgehead atoms. The van der Waals surface area contributed by atoms with Gasteiger partial charge in [0, 0.05) is 39.4 Å². The minimum absolute atomic E-state index is 0.0907. The molecule has 0 saturated carbocycles. The van der Waals surface area contributed by atoms with E-state index in [0.29, 0.717) is 19.2 Å². The van der Waals surface area contributed by atoms with E-state index in [1.165, 1.54) is 6.07 Å². The lowest BCUT2D eigenvalue weighted by Crippen LogP contribution is -2.31. The Morgan fingerprint density at radius 2 is 1.88 bits per heavy atom. The second-order valence-electron chi connectivity index (χ2n) is 7.51. The van der Waals surface area contributed by atoms with Gasteiger partial charge in [0.05, 0.1) is 10.6 Å². The summed E-state index contributed by atoms with van der Waals surface area (Å²) in [4.78, 5) is 33.3. The molecule has 11 heteroatoms. The number of anilines is 2. The molecule has 0 spiro atoms. The van der Waals surface area contributed by atoms with Crippen molar-refractivity contribution >= 4 is 35.1 Å². The minimum Gasteiger partial charge on any atom is -0.363 e. The third kappa shape index (κ3) is 5.83. The van der Waals surface area contributed by atoms with Crippen molar-refractivity contribution in [3.8, 4) is 0 Å². The van der Waals surface area contributed by atoms with Crippen LogP contribution >= 0.6 is 11.6 Å². The van der Waals surface area contributed by atoms with Gasteiger partial charge < -0.3 is 15.1 Å². The highest BCUT2D eigenvalue weighted by molar-refractivity contribution is 6.34. The van der Waals surface area contributed by atoms with E-state index in [4.69, 9.17) is 11.6 Å². The van der Waals surface area contributed by atoms with E-state index >= 15 is 0 Å². The zero-order valence-electron chi connectivity index (χ0n) is 18.3. The summed E-state index contributed by atoms with van der Waals surface area (Å²) in [6.45, 7) is 2.79. The van der Waals surface area contributed by atoms with E-state index in [9.17, 15) is 18.4 Å². The van der Waals surface area contributed by atoms with Crippen molar-refractivity contribution in [3.63, 3.8) is 0 Å². The molecule has 2 amide bonds. The highest BCUT2D eigenvalue weighted by atomic mass is 35.5. The van der Waals surface area contributed by atoms with Gasteiger partial charge in [-0.2, -0.15) is 5.10 Å². The smallest absolute Gasteiger partial charge is 0.274 e. The predicted octanol–water partition coefficient (Wildman–Crippen LogP) is 4.11. The number of pyridine rings is 1. The van der Waals surface area contributed by atoms with E-state index in [-0.39, 0.29) is 28.0 Å². The number of aromatic nitrogens is 3. The van der Waals surface area contributed by atoms with Crippen molar-refractivity contribution in [2.75, 3.05) is 30.9 Å². The predicted molar refractivity (Wildman–Crippen MR) is 122 cm³/mol. The average Bonchev–Trinajstić information content (AvgIpc) is 3.24. The summed E-state index contributed by atoms with van der Waals surface area (Å²) >= 11 is 5.84. The molecule has 2 heterocycles. The van der Waals surface area contributed by atoms with Crippen LogP contribution in [0.4, 0.5) is 20.4 Å². The number of hydrogen-bond acceptors (Lipinski definition) is 5. The normalized spacial score (nSPS) is 10.7. The molecule has 0 aliphatic carbocycles. The van der Waals surface area contributed by atoms with Crippen LogP contribution in [0.5, 0.6) is 0 Å². The van der Waals surface area contributed by atoms with Crippen molar-refractivity contribution in [3.05, 3.63) is 70.0 Å². The summed E-state index contributed by atoms with van der Waals surface area (Å²) in [5.74, 6) is -2.56. The molecule has 2 N–H and O–H groups in total. The lowest BCUT2D eigenvalue weighted by molar-refractivity contribution is 0.0737. The molecule has 8 nitrogen and oxygen atoms in total. The van der Waals surface area contributed by atoms with Gasteiger partial charge in [0.1, 0.15) is 11.6 Å². The third-order valence-corrected chi connectivity index (χ3v) is 5.03. The number of benzene rings is 1. The topological polar surface area (TPSA) is 94.2 Å². The van der Waals surface area contributed by atoms with Crippen LogP contribution < -0.4 is 10.2 Å². The quantitative estimate of drug-likeness (QED) is 0.477. The molecule has 0 radical (unpaired) electrons. The number of aromatic amines is 1. The van der Waals surface area contributed by atoms with Gasteiger partial charge in [-0.1, -0.05) is 24.6 Å². The number of nitrogens with one attached hydrogen (secondary N) is 2. The van der Waals surface area contributed by atoms with Crippen molar-refractivity contribution in [2.24, 2.45) is 0 Å². The molecule has 3 aromatic rings. The van der Waals surface area contributed by atoms with Gasteiger partial charge in [-0.05, 0) is 30.2 Å². The Balaban J connectivity index is 1.72. The fourth-order valence-electron chi connectivity index (χ4n) is 3.06. The van der Waals surface area contributed by atoms with E-state index in [2.05, 4.69) is 20.5 Å². The van der Waals surface area contributed by atoms with Crippen molar-refractivity contribution in [1.82, 2.24) is 20.1 Å². The van der Waals surface area contributed by atoms with Crippen LogP contribution in [-0.4, -0.2) is 52.5 Å². The number of nitrogens with zero attached hydrogens (tertiary/aromatic N) is 4. The van der Waals surface area contributed by atoms with Crippen LogP contribution in [0.2, 0.25) is 5.02 Å². The Kier molecular flexibility index (Phi) is 7.59. The van der Waals surface area contributed by atoms with Gasteiger partial charge in [0.2, 0.25) is 0 Å². The first-order valence-corrected chi connectivity index (χ1v) is 10.5. The van der Waals surface area contributed by atoms with Crippen LogP contribution in [0, 0.1) is 11.6 Å². The standard InChI is InChI=1S/C22H23ClF2N6O2/c1-4-7-31(12-13-5-6-20(26-11-13)30(2)3)22(33)18-10-19(29-28-18)27-21(32)14-8-16(24)17(25)9-15(14)23/h5-6,8-11H,4,7,12H2,1-3H3,(H2,27,28,29,32). The maximum absolute atomic E-state index is 13.5. The number of H-pyrrole nitrogens is 1. The van der Waals surface area contributed by atoms with Crippen molar-refractivity contribution in [1.29, 1.82) is 0 Å². The van der Waals surface area contributed by atoms with Gasteiger partial charge in [-0.3, -0.25) is 14.7 Å². The first-order chi connectivity index (χ1) is 15.7. The monoisotopic (exact) mass is 476 g/mol. The van der Waals surface area contributed by atoms with Crippen molar-refractivity contribution < 1.29 is 18.4 Å². The van der Waals surface area contributed by atoms with E-state index in [0.717, 1.165) is 23.9 Å². The fraction of sp³-hybridized carbons (Fsp3) is 0.273. The number of carbonyl (C=O) groups is 2. The van der Waals surface area contributed by atoms with Gasteiger partial charge >= 0.3 is 0 Å². The van der Waals surface area contributed by atoms with Gasteiger partial charge in [-0.25, -0.2) is 13.8 Å². The third-order valence-electron chi connectivity index (χ3n) is 4.72. The minimum atomic E-state index is -1.20. The Morgan fingerprint density at radius 3 is 2.52 bits per heavy atom. The summed E-state index contributed by atoms with van der Waals surface area (Å²) in [5, 5.41) is 8.73. The highest BCUT2D eigenvalue weighted by Gasteiger charge is 2.21.